The summed E-state index contributed by atoms with van der Waals surface area (Å²) in [5.74, 6) is 0.408. The molecule has 6 heteroatoms. The molecule has 0 aromatic heterocycles. The highest BCUT2D eigenvalue weighted by Gasteiger charge is 2.30. The van der Waals surface area contributed by atoms with Gasteiger partial charge in [0.2, 0.25) is 15.9 Å². The lowest BCUT2D eigenvalue weighted by Gasteiger charge is -2.30. The maximum Gasteiger partial charge on any atom is 0.243 e. The Morgan fingerprint density at radius 1 is 1.27 bits per heavy atom. The maximum atomic E-state index is 12.8. The van der Waals surface area contributed by atoms with Gasteiger partial charge >= 0.3 is 0 Å². The van der Waals surface area contributed by atoms with Gasteiger partial charge in [0.25, 0.3) is 0 Å². The summed E-state index contributed by atoms with van der Waals surface area (Å²) in [4.78, 5) is 13.6. The highest BCUT2D eigenvalue weighted by atomic mass is 32.2. The fourth-order valence-electron chi connectivity index (χ4n) is 3.38. The Labute approximate surface area is 132 Å². The summed E-state index contributed by atoms with van der Waals surface area (Å²) < 4.78 is 27.2. The van der Waals surface area contributed by atoms with Crippen LogP contribution in [0.3, 0.4) is 0 Å². The van der Waals surface area contributed by atoms with E-state index in [-0.39, 0.29) is 5.91 Å². The second-order valence-corrected chi connectivity index (χ2v) is 8.26. The Hall–Kier alpha value is -1.40. The van der Waals surface area contributed by atoms with E-state index in [1.54, 1.807) is 27.4 Å². The number of nitrogens with zero attached hydrogens (tertiary/aromatic N) is 2. The molecule has 2 aliphatic heterocycles. The third kappa shape index (κ3) is 2.65. The van der Waals surface area contributed by atoms with Crippen molar-refractivity contribution in [2.45, 2.75) is 38.0 Å². The zero-order chi connectivity index (χ0) is 15.9. The molecule has 5 nitrogen and oxygen atoms in total. The minimum atomic E-state index is -3.42. The van der Waals surface area contributed by atoms with E-state index in [9.17, 15) is 13.2 Å². The lowest BCUT2D eigenvalue weighted by molar-refractivity contribution is -0.116. The molecule has 2 heterocycles. The van der Waals surface area contributed by atoms with E-state index in [2.05, 4.69) is 6.92 Å². The highest BCUT2D eigenvalue weighted by molar-refractivity contribution is 7.89. The van der Waals surface area contributed by atoms with Crippen LogP contribution < -0.4 is 4.90 Å². The van der Waals surface area contributed by atoms with Gasteiger partial charge in [-0.2, -0.15) is 4.31 Å². The van der Waals surface area contributed by atoms with E-state index in [1.165, 1.54) is 6.92 Å². The molecule has 0 N–H and O–H groups in total. The number of rotatable bonds is 2. The van der Waals surface area contributed by atoms with Crippen molar-refractivity contribution in [3.63, 3.8) is 0 Å². The van der Waals surface area contributed by atoms with Gasteiger partial charge in [-0.3, -0.25) is 4.79 Å². The van der Waals surface area contributed by atoms with Crippen LogP contribution in [0.4, 0.5) is 5.69 Å². The van der Waals surface area contributed by atoms with E-state index in [0.29, 0.717) is 36.9 Å². The van der Waals surface area contributed by atoms with Gasteiger partial charge in [-0.25, -0.2) is 8.42 Å². The Balaban J connectivity index is 1.91. The van der Waals surface area contributed by atoms with Crippen LogP contribution in [0.5, 0.6) is 0 Å². The molecule has 2 aliphatic rings. The van der Waals surface area contributed by atoms with Crippen molar-refractivity contribution < 1.29 is 13.2 Å². The molecule has 1 aromatic carbocycles. The normalized spacial score (nSPS) is 22.6. The van der Waals surface area contributed by atoms with E-state index in [1.807, 2.05) is 0 Å². The number of piperidine rings is 1. The zero-order valence-corrected chi connectivity index (χ0v) is 13.9. The average molecular weight is 322 g/mol. The first-order valence-electron chi connectivity index (χ1n) is 7.81. The molecule has 0 spiro atoms. The summed E-state index contributed by atoms with van der Waals surface area (Å²) >= 11 is 0. The quantitative estimate of drug-likeness (QED) is 0.837. The van der Waals surface area contributed by atoms with Crippen molar-refractivity contribution in [3.8, 4) is 0 Å². The number of fused-ring (bicyclic) bond motifs is 1. The molecule has 120 valence electrons. The highest BCUT2D eigenvalue weighted by Crippen LogP contribution is 2.32. The Morgan fingerprint density at radius 3 is 2.73 bits per heavy atom. The molecule has 1 atom stereocenters. The number of amides is 1. The third-order valence-corrected chi connectivity index (χ3v) is 6.45. The molecule has 1 saturated heterocycles. The topological polar surface area (TPSA) is 57.7 Å². The molecule has 0 radical (unpaired) electrons. The lowest BCUT2D eigenvalue weighted by Crippen LogP contribution is -2.39. The van der Waals surface area contributed by atoms with E-state index in [0.717, 1.165) is 24.1 Å². The van der Waals surface area contributed by atoms with Gasteiger partial charge in [-0.05, 0) is 48.9 Å². The van der Waals surface area contributed by atoms with E-state index >= 15 is 0 Å². The molecule has 0 aliphatic carbocycles. The van der Waals surface area contributed by atoms with Gasteiger partial charge in [0.1, 0.15) is 0 Å². The van der Waals surface area contributed by atoms with Gasteiger partial charge in [-0.15, -0.1) is 0 Å². The van der Waals surface area contributed by atoms with Crippen LogP contribution in [-0.4, -0.2) is 38.3 Å². The minimum absolute atomic E-state index is 0.000729. The number of sulfonamides is 1. The molecule has 0 unspecified atom stereocenters. The van der Waals surface area contributed by atoms with Crippen molar-refractivity contribution in [2.75, 3.05) is 24.5 Å². The lowest BCUT2D eigenvalue weighted by atomic mass is 10.0. The summed E-state index contributed by atoms with van der Waals surface area (Å²) in [5, 5.41) is 0. The fourth-order valence-corrected chi connectivity index (χ4v) is 5.03. The summed E-state index contributed by atoms with van der Waals surface area (Å²) in [6, 6.07) is 5.14. The van der Waals surface area contributed by atoms with Gasteiger partial charge in [0.05, 0.1) is 4.90 Å². The summed E-state index contributed by atoms with van der Waals surface area (Å²) in [6.07, 6.45) is 2.72. The first kappa shape index (κ1) is 15.5. The van der Waals surface area contributed by atoms with Crippen LogP contribution in [0, 0.1) is 5.92 Å². The van der Waals surface area contributed by atoms with Crippen molar-refractivity contribution in [1.29, 1.82) is 0 Å². The average Bonchev–Trinajstić information content (AvgIpc) is 2.90. The smallest absolute Gasteiger partial charge is 0.243 e. The van der Waals surface area contributed by atoms with Crippen LogP contribution >= 0.6 is 0 Å². The van der Waals surface area contributed by atoms with Gasteiger partial charge in [0, 0.05) is 32.2 Å². The van der Waals surface area contributed by atoms with E-state index in [4.69, 9.17) is 0 Å². The molecule has 3 rings (SSSR count). The van der Waals surface area contributed by atoms with Crippen molar-refractivity contribution in [3.05, 3.63) is 23.8 Å². The third-order valence-electron chi connectivity index (χ3n) is 4.58. The van der Waals surface area contributed by atoms with Crippen LogP contribution in [0.1, 0.15) is 32.3 Å². The Morgan fingerprint density at radius 2 is 2.05 bits per heavy atom. The number of carbonyl (C=O) groups excluding carboxylic acids is 1. The van der Waals surface area contributed by atoms with Gasteiger partial charge in [0.15, 0.2) is 0 Å². The summed E-state index contributed by atoms with van der Waals surface area (Å²) in [5.41, 5.74) is 1.79. The number of hydrogen-bond acceptors (Lipinski definition) is 3. The van der Waals surface area contributed by atoms with Crippen LogP contribution in [-0.2, 0) is 21.2 Å². The predicted molar refractivity (Wildman–Crippen MR) is 85.3 cm³/mol. The summed E-state index contributed by atoms with van der Waals surface area (Å²) in [6.45, 7) is 5.46. The largest absolute Gasteiger partial charge is 0.312 e. The molecule has 1 fully saturated rings. The minimum Gasteiger partial charge on any atom is -0.312 e. The standard InChI is InChI=1S/C16H22N2O3S/c1-12-4-3-8-17(11-12)22(20,21)15-5-6-16-14(10-15)7-9-18(16)13(2)19/h5-6,10,12H,3-4,7-9,11H2,1-2H3/t12-/m1/s1. The molecular formula is C16H22N2O3S. The van der Waals surface area contributed by atoms with Gasteiger partial charge in [-0.1, -0.05) is 6.92 Å². The predicted octanol–water partition coefficient (Wildman–Crippen LogP) is 2.02. The first-order chi connectivity index (χ1) is 10.4. The SMILES string of the molecule is CC(=O)N1CCc2cc(S(=O)(=O)N3CCC[C@@H](C)C3)ccc21. The second kappa shape index (κ2) is 5.66. The Kier molecular flexibility index (Phi) is 3.99. The summed E-state index contributed by atoms with van der Waals surface area (Å²) in [7, 11) is -3.42. The molecule has 22 heavy (non-hydrogen) atoms. The van der Waals surface area contributed by atoms with Crippen LogP contribution in [0.2, 0.25) is 0 Å². The second-order valence-electron chi connectivity index (χ2n) is 6.32. The van der Waals surface area contributed by atoms with Crippen molar-refractivity contribution in [2.24, 2.45) is 5.92 Å². The maximum absolute atomic E-state index is 12.8. The number of benzene rings is 1. The van der Waals surface area contributed by atoms with Crippen molar-refractivity contribution >= 4 is 21.6 Å². The first-order valence-corrected chi connectivity index (χ1v) is 9.25. The Bertz CT molecular complexity index is 699. The van der Waals surface area contributed by atoms with Crippen LogP contribution in [0.25, 0.3) is 0 Å². The molecule has 1 aromatic rings. The molecule has 0 bridgehead atoms. The number of carbonyl (C=O) groups is 1. The van der Waals surface area contributed by atoms with Crippen LogP contribution in [0.15, 0.2) is 23.1 Å². The number of anilines is 1. The zero-order valence-electron chi connectivity index (χ0n) is 13.1. The molecule has 0 saturated carbocycles. The van der Waals surface area contributed by atoms with Crippen molar-refractivity contribution in [1.82, 2.24) is 4.31 Å². The van der Waals surface area contributed by atoms with Gasteiger partial charge < -0.3 is 4.90 Å². The monoisotopic (exact) mass is 322 g/mol. The molecular weight excluding hydrogens is 300 g/mol. The molecule has 1 amide bonds. The fraction of sp³-hybridized carbons (Fsp3) is 0.562. The van der Waals surface area contributed by atoms with E-state index < -0.39 is 10.0 Å². The number of hydrogen-bond donors (Lipinski definition) is 0.